The first-order valence-electron chi connectivity index (χ1n) is 8.00. The van der Waals surface area contributed by atoms with Gasteiger partial charge in [-0.05, 0) is 33.6 Å². The Labute approximate surface area is 156 Å². The van der Waals surface area contributed by atoms with Crippen molar-refractivity contribution in [1.29, 1.82) is 0 Å². The predicted octanol–water partition coefficient (Wildman–Crippen LogP) is 3.42. The number of nitrogens with one attached hydrogen (secondary N) is 2. The van der Waals surface area contributed by atoms with Gasteiger partial charge in [-0.25, -0.2) is 4.39 Å². The fourth-order valence-corrected chi connectivity index (χ4v) is 3.47. The fraction of sp³-hybridized carbons (Fsp3) is 0.222. The normalized spacial score (nSPS) is 17.9. The van der Waals surface area contributed by atoms with Gasteiger partial charge in [0.05, 0.1) is 11.6 Å². The molecular formula is C18H14BrFN2O4. The third-order valence-electron chi connectivity index (χ3n) is 4.26. The van der Waals surface area contributed by atoms with E-state index in [1.807, 2.05) is 0 Å². The number of hydrogen-bond donors (Lipinski definition) is 2. The summed E-state index contributed by atoms with van der Waals surface area (Å²) in [5.74, 6) is -0.730. The van der Waals surface area contributed by atoms with Gasteiger partial charge in [-0.3, -0.25) is 9.59 Å². The maximum atomic E-state index is 13.4. The van der Waals surface area contributed by atoms with Crippen molar-refractivity contribution in [3.8, 4) is 11.5 Å². The first-order chi connectivity index (χ1) is 12.5. The van der Waals surface area contributed by atoms with Crippen LogP contribution in [0.3, 0.4) is 0 Å². The van der Waals surface area contributed by atoms with Crippen molar-refractivity contribution in [2.75, 3.05) is 23.8 Å². The Balaban J connectivity index is 1.62. The Kier molecular flexibility index (Phi) is 4.28. The summed E-state index contributed by atoms with van der Waals surface area (Å²) in [6.45, 7) is 0.902. The van der Waals surface area contributed by atoms with Crippen molar-refractivity contribution in [2.45, 2.75) is 12.3 Å². The molecule has 0 saturated carbocycles. The van der Waals surface area contributed by atoms with E-state index in [4.69, 9.17) is 9.47 Å². The second kappa shape index (κ2) is 6.60. The zero-order chi connectivity index (χ0) is 18.3. The molecule has 4 rings (SSSR count). The van der Waals surface area contributed by atoms with Crippen LogP contribution in [-0.4, -0.2) is 25.0 Å². The lowest BCUT2D eigenvalue weighted by Crippen LogP contribution is -2.31. The molecule has 2 heterocycles. The summed E-state index contributed by atoms with van der Waals surface area (Å²) < 4.78 is 25.1. The first kappa shape index (κ1) is 16.8. The Morgan fingerprint density at radius 2 is 1.92 bits per heavy atom. The molecule has 0 saturated heterocycles. The molecule has 0 fully saturated rings. The van der Waals surface area contributed by atoms with Crippen LogP contribution in [0.2, 0.25) is 0 Å². The summed E-state index contributed by atoms with van der Waals surface area (Å²) >= 11 is 3.40. The third-order valence-corrected chi connectivity index (χ3v) is 4.92. The maximum absolute atomic E-state index is 13.4. The van der Waals surface area contributed by atoms with Crippen LogP contribution in [0.5, 0.6) is 11.5 Å². The van der Waals surface area contributed by atoms with Gasteiger partial charge in [-0.15, -0.1) is 0 Å². The molecule has 2 amide bonds. The molecular weight excluding hydrogens is 407 g/mol. The van der Waals surface area contributed by atoms with Gasteiger partial charge in [-0.1, -0.05) is 6.07 Å². The van der Waals surface area contributed by atoms with Gasteiger partial charge >= 0.3 is 0 Å². The second-order valence-corrected chi connectivity index (χ2v) is 6.86. The number of rotatable bonds is 2. The molecule has 2 aliphatic heterocycles. The molecule has 0 spiro atoms. The first-order valence-corrected chi connectivity index (χ1v) is 8.80. The smallest absolute Gasteiger partial charge is 0.232 e. The minimum Gasteiger partial charge on any atom is -0.486 e. The highest BCUT2D eigenvalue weighted by Gasteiger charge is 2.31. The predicted molar refractivity (Wildman–Crippen MR) is 96.1 cm³/mol. The number of carbonyl (C=O) groups excluding carboxylic acids is 2. The number of fused-ring (bicyclic) bond motifs is 2. The number of halogens is 2. The van der Waals surface area contributed by atoms with Crippen molar-refractivity contribution >= 4 is 39.1 Å². The highest BCUT2D eigenvalue weighted by Crippen LogP contribution is 2.39. The van der Waals surface area contributed by atoms with Crippen molar-refractivity contribution in [2.24, 2.45) is 0 Å². The van der Waals surface area contributed by atoms with Gasteiger partial charge in [0, 0.05) is 28.7 Å². The molecule has 2 aromatic rings. The quantitative estimate of drug-likeness (QED) is 0.780. The van der Waals surface area contributed by atoms with Crippen LogP contribution in [0.25, 0.3) is 0 Å². The Hall–Kier alpha value is -2.61. The minimum atomic E-state index is -0.709. The van der Waals surface area contributed by atoms with Gasteiger partial charge < -0.3 is 20.1 Å². The summed E-state index contributed by atoms with van der Waals surface area (Å²) in [5, 5.41) is 5.41. The number of ether oxygens (including phenoxy) is 2. The summed E-state index contributed by atoms with van der Waals surface area (Å²) in [6.07, 6.45) is -0.00730. The number of benzene rings is 2. The molecule has 1 atom stereocenters. The molecule has 8 heteroatoms. The average molecular weight is 421 g/mol. The lowest BCUT2D eigenvalue weighted by Gasteiger charge is -2.25. The summed E-state index contributed by atoms with van der Waals surface area (Å²) in [4.78, 5) is 24.7. The molecule has 0 radical (unpaired) electrons. The molecule has 0 aliphatic carbocycles. The molecule has 1 unspecified atom stereocenters. The zero-order valence-electron chi connectivity index (χ0n) is 13.5. The third kappa shape index (κ3) is 3.12. The van der Waals surface area contributed by atoms with E-state index < -0.39 is 11.7 Å². The van der Waals surface area contributed by atoms with Gasteiger partial charge in [0.2, 0.25) is 11.8 Å². The van der Waals surface area contributed by atoms with E-state index in [2.05, 4.69) is 26.6 Å². The second-order valence-electron chi connectivity index (χ2n) is 6.00. The van der Waals surface area contributed by atoms with Crippen LogP contribution < -0.4 is 20.1 Å². The lowest BCUT2D eigenvalue weighted by atomic mass is 9.89. The largest absolute Gasteiger partial charge is 0.486 e. The summed E-state index contributed by atoms with van der Waals surface area (Å²) in [6, 6.07) is 7.41. The van der Waals surface area contributed by atoms with Gasteiger partial charge in [-0.2, -0.15) is 0 Å². The van der Waals surface area contributed by atoms with Crippen LogP contribution in [0.15, 0.2) is 34.8 Å². The highest BCUT2D eigenvalue weighted by atomic mass is 79.9. The monoisotopic (exact) mass is 420 g/mol. The van der Waals surface area contributed by atoms with Crippen molar-refractivity contribution in [3.05, 3.63) is 46.2 Å². The van der Waals surface area contributed by atoms with E-state index in [-0.39, 0.29) is 18.2 Å². The highest BCUT2D eigenvalue weighted by molar-refractivity contribution is 9.10. The molecule has 26 heavy (non-hydrogen) atoms. The Bertz CT molecular complexity index is 918. The Morgan fingerprint density at radius 1 is 1.19 bits per heavy atom. The van der Waals surface area contributed by atoms with Crippen LogP contribution in [-0.2, 0) is 9.59 Å². The van der Waals surface area contributed by atoms with E-state index in [0.29, 0.717) is 46.1 Å². The fourth-order valence-electron chi connectivity index (χ4n) is 3.05. The van der Waals surface area contributed by atoms with E-state index in [1.165, 1.54) is 18.2 Å². The van der Waals surface area contributed by atoms with Crippen LogP contribution in [0.4, 0.5) is 15.8 Å². The van der Waals surface area contributed by atoms with Crippen LogP contribution in [0, 0.1) is 5.82 Å². The number of amides is 2. The van der Waals surface area contributed by atoms with Crippen LogP contribution >= 0.6 is 15.9 Å². The van der Waals surface area contributed by atoms with E-state index in [9.17, 15) is 14.0 Å². The minimum absolute atomic E-state index is 0.00730. The maximum Gasteiger partial charge on any atom is 0.232 e. The van der Waals surface area contributed by atoms with Crippen LogP contribution in [0.1, 0.15) is 17.9 Å². The molecule has 0 aromatic heterocycles. The molecule has 6 nitrogen and oxygen atoms in total. The number of anilines is 2. The molecule has 2 aromatic carbocycles. The van der Waals surface area contributed by atoms with Gasteiger partial charge in [0.15, 0.2) is 11.5 Å². The Morgan fingerprint density at radius 3 is 2.69 bits per heavy atom. The molecule has 2 N–H and O–H groups in total. The number of carbonyl (C=O) groups is 2. The number of hydrogen-bond acceptors (Lipinski definition) is 4. The summed E-state index contributed by atoms with van der Waals surface area (Å²) in [7, 11) is 0. The lowest BCUT2D eigenvalue weighted by molar-refractivity contribution is -0.123. The van der Waals surface area contributed by atoms with Crippen molar-refractivity contribution in [1.82, 2.24) is 0 Å². The van der Waals surface area contributed by atoms with Crippen molar-refractivity contribution < 1.29 is 23.5 Å². The zero-order valence-corrected chi connectivity index (χ0v) is 15.1. The topological polar surface area (TPSA) is 76.7 Å². The van der Waals surface area contributed by atoms with E-state index in [0.717, 1.165) is 0 Å². The van der Waals surface area contributed by atoms with E-state index in [1.54, 1.807) is 12.1 Å². The molecule has 0 bridgehead atoms. The van der Waals surface area contributed by atoms with Gasteiger partial charge in [0.25, 0.3) is 0 Å². The SMILES string of the molecule is O=C1CC(C(=O)Nc2cc3c(cc2Br)OCCO3)c2ccc(F)cc2N1. The van der Waals surface area contributed by atoms with Crippen molar-refractivity contribution in [3.63, 3.8) is 0 Å². The molecule has 2 aliphatic rings. The molecule has 134 valence electrons. The van der Waals surface area contributed by atoms with Gasteiger partial charge in [0.1, 0.15) is 19.0 Å². The average Bonchev–Trinajstić information content (AvgIpc) is 2.61. The standard InChI is InChI=1S/C18H14BrFN2O4/c19-12-7-15-16(26-4-3-25-15)8-14(12)22-18(24)11-6-17(23)21-13-5-9(20)1-2-10(11)13/h1-2,5,7-8,11H,3-4,6H2,(H,21,23)(H,22,24). The summed E-state index contributed by atoms with van der Waals surface area (Å²) in [5.41, 5.74) is 1.41. The van der Waals surface area contributed by atoms with E-state index >= 15 is 0 Å².